The fourth-order valence-corrected chi connectivity index (χ4v) is 2.49. The van der Waals surface area contributed by atoms with E-state index < -0.39 is 0 Å². The number of nitrogens with two attached hydrogens (primary N) is 2. The van der Waals surface area contributed by atoms with Gasteiger partial charge in [0.25, 0.3) is 0 Å². The van der Waals surface area contributed by atoms with Gasteiger partial charge in [-0.05, 0) is 25.8 Å². The molecule has 2 rings (SSSR count). The third-order valence-electron chi connectivity index (χ3n) is 3.25. The molecule has 1 saturated heterocycles. The molecule has 2 heterocycles. The van der Waals surface area contributed by atoms with Crippen LogP contribution >= 0.6 is 11.6 Å². The van der Waals surface area contributed by atoms with Crippen molar-refractivity contribution in [1.29, 1.82) is 0 Å². The molecule has 0 aliphatic carbocycles. The molecular weight excluding hydrogens is 240 g/mol. The molecule has 1 aliphatic rings. The second-order valence-electron chi connectivity index (χ2n) is 4.49. The summed E-state index contributed by atoms with van der Waals surface area (Å²) in [7, 11) is 0. The van der Waals surface area contributed by atoms with Crippen LogP contribution in [0.4, 0.5) is 5.82 Å². The van der Waals surface area contributed by atoms with Gasteiger partial charge in [0, 0.05) is 18.4 Å². The number of nitrogens with zero attached hydrogens (tertiary/aromatic N) is 1. The van der Waals surface area contributed by atoms with E-state index in [1.807, 2.05) is 6.92 Å². The van der Waals surface area contributed by atoms with Crippen molar-refractivity contribution >= 4 is 17.4 Å². The Hall–Kier alpha value is -0.880. The Morgan fingerprint density at radius 2 is 2.41 bits per heavy atom. The van der Waals surface area contributed by atoms with Crippen LogP contribution in [0.3, 0.4) is 0 Å². The van der Waals surface area contributed by atoms with Gasteiger partial charge < -0.3 is 10.5 Å². The van der Waals surface area contributed by atoms with Crippen LogP contribution < -0.4 is 17.0 Å². The summed E-state index contributed by atoms with van der Waals surface area (Å²) in [4.78, 5) is 4.04. The molecule has 94 valence electrons. The summed E-state index contributed by atoms with van der Waals surface area (Å²) < 4.78 is 5.77. The fraction of sp³-hybridized carbons (Fsp3) is 0.545. The molecule has 0 aromatic carbocycles. The molecule has 1 aliphatic heterocycles. The first-order valence-electron chi connectivity index (χ1n) is 5.58. The van der Waals surface area contributed by atoms with Crippen LogP contribution in [0.25, 0.3) is 0 Å². The maximum atomic E-state index is 5.94. The summed E-state index contributed by atoms with van der Waals surface area (Å²) in [5, 5.41) is 0.538. The molecule has 0 amide bonds. The molecule has 0 radical (unpaired) electrons. The van der Waals surface area contributed by atoms with Crippen LogP contribution in [-0.2, 0) is 4.74 Å². The van der Waals surface area contributed by atoms with Crippen LogP contribution in [0, 0.1) is 0 Å². The first-order valence-corrected chi connectivity index (χ1v) is 5.95. The van der Waals surface area contributed by atoms with Gasteiger partial charge in [0.05, 0.1) is 16.7 Å². The quantitative estimate of drug-likeness (QED) is 0.562. The molecule has 6 heteroatoms. The molecule has 1 aromatic heterocycles. The van der Waals surface area contributed by atoms with Crippen molar-refractivity contribution in [2.75, 3.05) is 12.3 Å². The van der Waals surface area contributed by atoms with Gasteiger partial charge in [0.2, 0.25) is 0 Å². The average molecular weight is 257 g/mol. The summed E-state index contributed by atoms with van der Waals surface area (Å²) in [5.41, 5.74) is 9.05. The monoisotopic (exact) mass is 256 g/mol. The average Bonchev–Trinajstić information content (AvgIpc) is 2.72. The number of anilines is 1. The van der Waals surface area contributed by atoms with Gasteiger partial charge in [0.15, 0.2) is 0 Å². The molecule has 5 nitrogen and oxygen atoms in total. The van der Waals surface area contributed by atoms with Crippen LogP contribution in [0.1, 0.15) is 31.4 Å². The number of hydrazine groups is 1. The van der Waals surface area contributed by atoms with Crippen molar-refractivity contribution in [3.8, 4) is 0 Å². The normalized spacial score (nSPS) is 26.1. The first-order chi connectivity index (χ1) is 8.07. The maximum absolute atomic E-state index is 5.94. The van der Waals surface area contributed by atoms with Crippen molar-refractivity contribution in [3.63, 3.8) is 0 Å². The van der Waals surface area contributed by atoms with Gasteiger partial charge in [-0.25, -0.2) is 10.4 Å². The summed E-state index contributed by atoms with van der Waals surface area (Å²) >= 11 is 5.94. The van der Waals surface area contributed by atoms with Crippen molar-refractivity contribution in [2.45, 2.75) is 31.4 Å². The van der Waals surface area contributed by atoms with E-state index in [-0.39, 0.29) is 11.6 Å². The van der Waals surface area contributed by atoms with Crippen LogP contribution in [0.2, 0.25) is 5.02 Å². The zero-order valence-electron chi connectivity index (χ0n) is 9.74. The molecule has 0 saturated carbocycles. The second kappa shape index (κ2) is 4.78. The lowest BCUT2D eigenvalue weighted by atomic mass is 9.88. The minimum atomic E-state index is -0.366. The highest BCUT2D eigenvalue weighted by Crippen LogP contribution is 2.38. The lowest BCUT2D eigenvalue weighted by Gasteiger charge is -2.33. The van der Waals surface area contributed by atoms with Crippen molar-refractivity contribution < 1.29 is 4.74 Å². The van der Waals surface area contributed by atoms with Gasteiger partial charge in [-0.15, -0.1) is 0 Å². The lowest BCUT2D eigenvalue weighted by Crippen LogP contribution is -2.44. The van der Waals surface area contributed by atoms with Crippen LogP contribution in [0.5, 0.6) is 0 Å². The molecule has 5 N–H and O–H groups in total. The summed E-state index contributed by atoms with van der Waals surface area (Å²) in [6, 6.07) is 1.57. The summed E-state index contributed by atoms with van der Waals surface area (Å²) in [6.45, 7) is 2.76. The third kappa shape index (κ3) is 2.37. The summed E-state index contributed by atoms with van der Waals surface area (Å²) in [6.07, 6.45) is 3.46. The van der Waals surface area contributed by atoms with E-state index in [9.17, 15) is 0 Å². The second-order valence-corrected chi connectivity index (χ2v) is 4.93. The number of nitrogens with one attached hydrogen (secondary N) is 1. The Kier molecular flexibility index (Phi) is 3.53. The van der Waals surface area contributed by atoms with Crippen molar-refractivity contribution in [1.82, 2.24) is 10.4 Å². The lowest BCUT2D eigenvalue weighted by molar-refractivity contribution is -0.0124. The fourth-order valence-electron chi connectivity index (χ4n) is 2.32. The van der Waals surface area contributed by atoms with Gasteiger partial charge in [0.1, 0.15) is 5.82 Å². The number of halogens is 1. The Morgan fingerprint density at radius 3 is 3.00 bits per heavy atom. The van der Waals surface area contributed by atoms with Crippen LogP contribution in [0.15, 0.2) is 12.3 Å². The van der Waals surface area contributed by atoms with E-state index in [4.69, 9.17) is 27.9 Å². The van der Waals surface area contributed by atoms with Crippen molar-refractivity contribution in [3.05, 3.63) is 22.8 Å². The minimum Gasteiger partial charge on any atom is -0.383 e. The standard InChI is InChI=1S/C11H17ClN4O/c1-11(3-2-4-17-11)9(16-14)8-5-7(12)6-15-10(8)13/h5-6,9,16H,2-4,14H2,1H3,(H2,13,15). The largest absolute Gasteiger partial charge is 0.383 e. The van der Waals surface area contributed by atoms with Gasteiger partial charge in [-0.3, -0.25) is 5.84 Å². The molecular formula is C11H17ClN4O. The minimum absolute atomic E-state index is 0.212. The molecule has 1 aromatic rings. The molecule has 0 bridgehead atoms. The van der Waals surface area contributed by atoms with Gasteiger partial charge in [-0.2, -0.15) is 0 Å². The number of rotatable bonds is 3. The molecule has 1 fully saturated rings. The molecule has 2 unspecified atom stereocenters. The molecule has 0 spiro atoms. The van der Waals surface area contributed by atoms with E-state index >= 15 is 0 Å². The van der Waals surface area contributed by atoms with Crippen LogP contribution in [-0.4, -0.2) is 17.2 Å². The zero-order valence-corrected chi connectivity index (χ0v) is 10.5. The Bertz CT molecular complexity index is 406. The smallest absolute Gasteiger partial charge is 0.128 e. The zero-order chi connectivity index (χ0) is 12.5. The SMILES string of the molecule is CC1(C(NN)c2cc(Cl)cnc2N)CCCO1. The third-order valence-corrected chi connectivity index (χ3v) is 3.46. The number of hydrogen-bond acceptors (Lipinski definition) is 5. The number of aromatic nitrogens is 1. The van der Waals surface area contributed by atoms with E-state index in [1.165, 1.54) is 6.20 Å². The highest BCUT2D eigenvalue weighted by Gasteiger charge is 2.40. The van der Waals surface area contributed by atoms with E-state index in [0.29, 0.717) is 10.8 Å². The van der Waals surface area contributed by atoms with Crippen molar-refractivity contribution in [2.24, 2.45) is 5.84 Å². The highest BCUT2D eigenvalue weighted by molar-refractivity contribution is 6.30. The Labute approximate surface area is 105 Å². The van der Waals surface area contributed by atoms with E-state index in [0.717, 1.165) is 25.0 Å². The van der Waals surface area contributed by atoms with Gasteiger partial charge >= 0.3 is 0 Å². The van der Waals surface area contributed by atoms with E-state index in [2.05, 4.69) is 10.4 Å². The first kappa shape index (κ1) is 12.6. The number of nitrogen functional groups attached to an aromatic ring is 1. The van der Waals surface area contributed by atoms with Gasteiger partial charge in [-0.1, -0.05) is 11.6 Å². The number of pyridine rings is 1. The van der Waals surface area contributed by atoms with E-state index in [1.54, 1.807) is 6.07 Å². The predicted octanol–water partition coefficient (Wildman–Crippen LogP) is 1.39. The number of ether oxygens (including phenoxy) is 1. The highest BCUT2D eigenvalue weighted by atomic mass is 35.5. The topological polar surface area (TPSA) is 86.2 Å². The Balaban J connectivity index is 2.37. The summed E-state index contributed by atoms with van der Waals surface area (Å²) in [5.74, 6) is 6.06. The predicted molar refractivity (Wildman–Crippen MR) is 67.3 cm³/mol. The molecule has 17 heavy (non-hydrogen) atoms. The maximum Gasteiger partial charge on any atom is 0.128 e. The molecule has 2 atom stereocenters. The Morgan fingerprint density at radius 1 is 1.65 bits per heavy atom. The number of hydrogen-bond donors (Lipinski definition) is 3.